The fraction of sp³-hybridized carbons (Fsp3) is 0.333. The standard InChI is InChI=1S/C21H22N2O3.ClH/c1-25-17-5-2-14(3-6-17)19-8-9-22-11-16(19)13-26-18-7-4-15-12-23-21(24)20(15)10-18;/h2-7,10,12,16,19,22H,8-9,11,13H2,1H3;1H/t16-,19-;/m0./s1. The van der Waals surface area contributed by atoms with Crippen LogP contribution in [0, 0.1) is 5.92 Å². The van der Waals surface area contributed by atoms with Gasteiger partial charge in [0.1, 0.15) is 11.5 Å². The molecule has 0 spiro atoms. The highest BCUT2D eigenvalue weighted by Gasteiger charge is 2.27. The lowest BCUT2D eigenvalue weighted by Crippen LogP contribution is -2.38. The largest absolute Gasteiger partial charge is 0.497 e. The van der Waals surface area contributed by atoms with Crippen LogP contribution in [0.3, 0.4) is 0 Å². The van der Waals surface area contributed by atoms with E-state index in [0.717, 1.165) is 36.6 Å². The van der Waals surface area contributed by atoms with E-state index >= 15 is 0 Å². The Morgan fingerprint density at radius 2 is 1.93 bits per heavy atom. The topological polar surface area (TPSA) is 59.9 Å². The Balaban J connectivity index is 0.00000210. The minimum atomic E-state index is -0.194. The minimum absolute atomic E-state index is 0. The first kappa shape index (κ1) is 19.4. The van der Waals surface area contributed by atoms with Crippen molar-refractivity contribution in [1.82, 2.24) is 5.32 Å². The van der Waals surface area contributed by atoms with Gasteiger partial charge in [0.15, 0.2) is 0 Å². The molecule has 2 aliphatic heterocycles. The summed E-state index contributed by atoms with van der Waals surface area (Å²) in [5.74, 6) is 2.22. The first-order valence-electron chi connectivity index (χ1n) is 8.94. The Hall–Kier alpha value is -2.37. The zero-order chi connectivity index (χ0) is 17.9. The van der Waals surface area contributed by atoms with Crippen LogP contribution in [0.4, 0.5) is 0 Å². The molecule has 0 aromatic heterocycles. The molecule has 0 saturated carbocycles. The Kier molecular flexibility index (Phi) is 6.14. The number of ether oxygens (including phenoxy) is 2. The molecule has 2 atom stereocenters. The average Bonchev–Trinajstić information content (AvgIpc) is 3.07. The third-order valence-corrected chi connectivity index (χ3v) is 5.19. The predicted octanol–water partition coefficient (Wildman–Crippen LogP) is 3.46. The predicted molar refractivity (Wildman–Crippen MR) is 108 cm³/mol. The number of hydrogen-bond donors (Lipinski definition) is 1. The van der Waals surface area contributed by atoms with Gasteiger partial charge in [-0.05, 0) is 54.8 Å². The second-order valence-corrected chi connectivity index (χ2v) is 6.76. The molecule has 1 amide bonds. The molecule has 6 heteroatoms. The minimum Gasteiger partial charge on any atom is -0.497 e. The normalized spacial score (nSPS) is 20.7. The van der Waals surface area contributed by atoms with Crippen LogP contribution in [0.1, 0.15) is 33.8 Å². The second-order valence-electron chi connectivity index (χ2n) is 6.76. The smallest absolute Gasteiger partial charge is 0.277 e. The molecule has 0 aliphatic carbocycles. The van der Waals surface area contributed by atoms with Gasteiger partial charge in [0.25, 0.3) is 5.91 Å². The number of benzene rings is 2. The van der Waals surface area contributed by atoms with E-state index in [2.05, 4.69) is 22.4 Å². The van der Waals surface area contributed by atoms with E-state index in [-0.39, 0.29) is 18.3 Å². The summed E-state index contributed by atoms with van der Waals surface area (Å²) in [4.78, 5) is 15.6. The van der Waals surface area contributed by atoms with Crippen molar-refractivity contribution in [1.29, 1.82) is 0 Å². The number of nitrogens with one attached hydrogen (secondary N) is 1. The summed E-state index contributed by atoms with van der Waals surface area (Å²) in [6, 6.07) is 13.9. The molecule has 5 nitrogen and oxygen atoms in total. The monoisotopic (exact) mass is 386 g/mol. The van der Waals surface area contributed by atoms with Crippen LogP contribution < -0.4 is 14.8 Å². The van der Waals surface area contributed by atoms with Gasteiger partial charge in [0.05, 0.1) is 19.3 Å². The van der Waals surface area contributed by atoms with Crippen molar-refractivity contribution in [3.05, 3.63) is 59.2 Å². The Bertz CT molecular complexity index is 836. The summed E-state index contributed by atoms with van der Waals surface area (Å²) >= 11 is 0. The molecule has 142 valence electrons. The van der Waals surface area contributed by atoms with Gasteiger partial charge in [0, 0.05) is 24.2 Å². The van der Waals surface area contributed by atoms with E-state index < -0.39 is 0 Å². The maximum absolute atomic E-state index is 11.7. The van der Waals surface area contributed by atoms with Crippen molar-refractivity contribution < 1.29 is 14.3 Å². The summed E-state index contributed by atoms with van der Waals surface area (Å²) in [5.41, 5.74) is 2.80. The van der Waals surface area contributed by atoms with Crippen LogP contribution >= 0.6 is 12.4 Å². The number of carbonyl (C=O) groups excluding carboxylic acids is 1. The van der Waals surface area contributed by atoms with Crippen molar-refractivity contribution in [3.63, 3.8) is 0 Å². The van der Waals surface area contributed by atoms with Crippen molar-refractivity contribution >= 4 is 24.5 Å². The van der Waals surface area contributed by atoms with Gasteiger partial charge < -0.3 is 14.8 Å². The van der Waals surface area contributed by atoms with Crippen LogP contribution in [0.5, 0.6) is 11.5 Å². The number of amides is 1. The van der Waals surface area contributed by atoms with Gasteiger partial charge in [-0.3, -0.25) is 4.79 Å². The highest BCUT2D eigenvalue weighted by Crippen LogP contribution is 2.32. The average molecular weight is 387 g/mol. The van der Waals surface area contributed by atoms with E-state index in [9.17, 15) is 4.79 Å². The van der Waals surface area contributed by atoms with Crippen LogP contribution in [-0.4, -0.2) is 38.9 Å². The summed E-state index contributed by atoms with van der Waals surface area (Å²) < 4.78 is 11.3. The number of piperidine rings is 1. The molecular weight excluding hydrogens is 364 g/mol. The quantitative estimate of drug-likeness (QED) is 0.854. The number of rotatable bonds is 5. The van der Waals surface area contributed by atoms with Crippen molar-refractivity contribution in [3.8, 4) is 11.5 Å². The molecule has 1 saturated heterocycles. The Labute approximate surface area is 165 Å². The molecule has 2 aromatic rings. The fourth-order valence-electron chi connectivity index (χ4n) is 3.71. The van der Waals surface area contributed by atoms with E-state index in [4.69, 9.17) is 9.47 Å². The molecule has 27 heavy (non-hydrogen) atoms. The summed E-state index contributed by atoms with van der Waals surface area (Å²) in [5, 5.41) is 3.46. The number of aliphatic imine (C=N–C) groups is 1. The number of halogens is 1. The molecule has 0 unspecified atom stereocenters. The lowest BCUT2D eigenvalue weighted by atomic mass is 9.81. The molecule has 1 fully saturated rings. The lowest BCUT2D eigenvalue weighted by molar-refractivity contribution is 0.101. The van der Waals surface area contributed by atoms with Crippen molar-refractivity contribution in [2.24, 2.45) is 10.9 Å². The van der Waals surface area contributed by atoms with E-state index in [0.29, 0.717) is 24.0 Å². The number of nitrogens with zero attached hydrogens (tertiary/aromatic N) is 1. The third-order valence-electron chi connectivity index (χ3n) is 5.19. The molecule has 2 aliphatic rings. The summed E-state index contributed by atoms with van der Waals surface area (Å²) in [7, 11) is 1.68. The lowest BCUT2D eigenvalue weighted by Gasteiger charge is -2.32. The summed E-state index contributed by atoms with van der Waals surface area (Å²) in [6.45, 7) is 2.54. The van der Waals surface area contributed by atoms with E-state index in [1.807, 2.05) is 24.3 Å². The first-order valence-corrected chi connectivity index (χ1v) is 8.94. The molecule has 0 bridgehead atoms. The van der Waals surface area contributed by atoms with E-state index in [1.165, 1.54) is 5.56 Å². The Morgan fingerprint density at radius 1 is 1.15 bits per heavy atom. The highest BCUT2D eigenvalue weighted by atomic mass is 35.5. The van der Waals surface area contributed by atoms with Gasteiger partial charge in [-0.1, -0.05) is 12.1 Å². The number of methoxy groups -OCH3 is 1. The zero-order valence-electron chi connectivity index (χ0n) is 15.2. The van der Waals surface area contributed by atoms with Gasteiger partial charge in [-0.25, -0.2) is 4.99 Å². The van der Waals surface area contributed by atoms with Crippen molar-refractivity contribution in [2.75, 3.05) is 26.8 Å². The van der Waals surface area contributed by atoms with Gasteiger partial charge in [0.2, 0.25) is 0 Å². The molecular formula is C21H23ClN2O3. The second kappa shape index (κ2) is 8.55. The van der Waals surface area contributed by atoms with Crippen molar-refractivity contribution in [2.45, 2.75) is 12.3 Å². The number of hydrogen-bond acceptors (Lipinski definition) is 4. The van der Waals surface area contributed by atoms with Crippen LogP contribution in [0.2, 0.25) is 0 Å². The van der Waals surface area contributed by atoms with Crippen LogP contribution in [0.15, 0.2) is 47.5 Å². The van der Waals surface area contributed by atoms with Crippen LogP contribution in [0.25, 0.3) is 0 Å². The molecule has 1 N–H and O–H groups in total. The highest BCUT2D eigenvalue weighted by molar-refractivity contribution is 6.13. The van der Waals surface area contributed by atoms with E-state index in [1.54, 1.807) is 19.4 Å². The molecule has 4 rings (SSSR count). The molecule has 2 heterocycles. The fourth-order valence-corrected chi connectivity index (χ4v) is 3.71. The van der Waals surface area contributed by atoms with Gasteiger partial charge in [-0.2, -0.15) is 0 Å². The van der Waals surface area contributed by atoms with Gasteiger partial charge >= 0.3 is 0 Å². The summed E-state index contributed by atoms with van der Waals surface area (Å²) in [6.07, 6.45) is 2.68. The first-order chi connectivity index (χ1) is 12.7. The Morgan fingerprint density at radius 3 is 2.70 bits per heavy atom. The SMILES string of the molecule is COc1ccc([C@@H]2CCNC[C@H]2COc2ccc3c(c2)C(=O)N=C3)cc1.Cl. The maximum atomic E-state index is 11.7. The zero-order valence-corrected chi connectivity index (χ0v) is 16.0. The number of carbonyl (C=O) groups is 1. The number of fused-ring (bicyclic) bond motifs is 1. The molecule has 0 radical (unpaired) electrons. The molecule has 2 aromatic carbocycles. The third kappa shape index (κ3) is 4.15. The van der Waals surface area contributed by atoms with Gasteiger partial charge in [-0.15, -0.1) is 12.4 Å². The van der Waals surface area contributed by atoms with Crippen LogP contribution in [-0.2, 0) is 0 Å². The maximum Gasteiger partial charge on any atom is 0.277 e.